The Labute approximate surface area is 303 Å². The zero-order valence-electron chi connectivity index (χ0n) is 28.0. The summed E-state index contributed by atoms with van der Waals surface area (Å²) in [6, 6.07) is 34.0. The number of hydrogen-bond acceptors (Lipinski definition) is 12. The molecule has 1 aliphatic heterocycles. The minimum Gasteiger partial charge on any atom is -0.485 e. The molecule has 2 atom stereocenters. The molecule has 0 spiro atoms. The summed E-state index contributed by atoms with van der Waals surface area (Å²) in [4.78, 5) is 1.99. The van der Waals surface area contributed by atoms with E-state index in [0.29, 0.717) is 50.2 Å². The Balaban J connectivity index is 1.04. The van der Waals surface area contributed by atoms with E-state index in [0.717, 1.165) is 55.5 Å². The molecule has 12 rings (SSSR count). The molecule has 0 amide bonds. The molecule has 0 N–H and O–H groups in total. The molecule has 0 saturated heterocycles. The molecule has 12 heteroatoms. The maximum atomic E-state index is 6.22. The monoisotopic (exact) mass is 705 g/mol. The second-order valence-corrected chi connectivity index (χ2v) is 13.4. The number of allylic oxidation sites excluding steroid dienone is 2. The van der Waals surface area contributed by atoms with Gasteiger partial charge in [0.25, 0.3) is 0 Å². The van der Waals surface area contributed by atoms with Crippen LogP contribution in [0, 0.1) is 0 Å². The summed E-state index contributed by atoms with van der Waals surface area (Å²) in [5.41, 5.74) is 11.7. The van der Waals surface area contributed by atoms with Crippen molar-refractivity contribution in [3.63, 3.8) is 0 Å². The quantitative estimate of drug-likeness (QED) is 0.168. The second kappa shape index (κ2) is 11.0. The smallest absolute Gasteiger partial charge is 0.159 e. The standard InChI is InChI=1S/C42H23N7O5/c1-3-10-34-26(6-1)28-20-22(12-18-36(28)50-34)24-14-16-32(41-38(24)44-53-47-41)49(31-9-5-8-30-40(31)46-52-43-30)33-17-15-25(39-42(33)48-54-45-39)23-13-19-37-29(21-23)27-7-2-4-11-35(27)51-37/h1-21,26,34H. The van der Waals surface area contributed by atoms with Crippen molar-refractivity contribution in [3.05, 3.63) is 133 Å². The zero-order valence-corrected chi connectivity index (χ0v) is 28.0. The van der Waals surface area contributed by atoms with Crippen molar-refractivity contribution in [2.45, 2.75) is 12.0 Å². The topological polar surface area (TPSA) is 142 Å². The third-order valence-corrected chi connectivity index (χ3v) is 10.5. The first-order valence-corrected chi connectivity index (χ1v) is 17.4. The van der Waals surface area contributed by atoms with E-state index in [1.54, 1.807) is 0 Å². The van der Waals surface area contributed by atoms with Crippen molar-refractivity contribution in [1.29, 1.82) is 0 Å². The van der Waals surface area contributed by atoms with Gasteiger partial charge in [0.05, 0.1) is 17.1 Å². The molecule has 2 aliphatic rings. The highest BCUT2D eigenvalue weighted by Gasteiger charge is 2.33. The van der Waals surface area contributed by atoms with Gasteiger partial charge >= 0.3 is 0 Å². The largest absolute Gasteiger partial charge is 0.485 e. The fourth-order valence-electron chi connectivity index (χ4n) is 8.00. The number of furan rings is 1. The van der Waals surface area contributed by atoms with Gasteiger partial charge in [0.15, 0.2) is 16.6 Å². The Bertz CT molecular complexity index is 3210. The molecule has 54 heavy (non-hydrogen) atoms. The Kier molecular flexibility index (Phi) is 5.89. The van der Waals surface area contributed by atoms with Gasteiger partial charge in [0.2, 0.25) is 0 Å². The number of benzene rings is 6. The summed E-state index contributed by atoms with van der Waals surface area (Å²) >= 11 is 0. The zero-order chi connectivity index (χ0) is 35.3. The molecule has 12 nitrogen and oxygen atoms in total. The number of rotatable bonds is 5. The van der Waals surface area contributed by atoms with Crippen molar-refractivity contribution in [1.82, 2.24) is 30.9 Å². The van der Waals surface area contributed by atoms with Gasteiger partial charge in [-0.25, -0.2) is 13.9 Å². The van der Waals surface area contributed by atoms with E-state index in [-0.39, 0.29) is 12.0 Å². The van der Waals surface area contributed by atoms with Gasteiger partial charge < -0.3 is 14.1 Å². The Hall–Kier alpha value is -7.60. The van der Waals surface area contributed by atoms with Crippen LogP contribution in [0.4, 0.5) is 17.1 Å². The molecular weight excluding hydrogens is 683 g/mol. The van der Waals surface area contributed by atoms with Crippen molar-refractivity contribution in [3.8, 4) is 28.0 Å². The summed E-state index contributed by atoms with van der Waals surface area (Å²) in [6.45, 7) is 0. The lowest BCUT2D eigenvalue weighted by molar-refractivity contribution is 0.269. The van der Waals surface area contributed by atoms with Crippen LogP contribution in [0.1, 0.15) is 11.5 Å². The Morgan fingerprint density at radius 3 is 2.00 bits per heavy atom. The molecule has 6 aromatic carbocycles. The van der Waals surface area contributed by atoms with Crippen LogP contribution in [-0.2, 0) is 0 Å². The van der Waals surface area contributed by atoms with Crippen molar-refractivity contribution >= 4 is 72.1 Å². The molecule has 256 valence electrons. The van der Waals surface area contributed by atoms with E-state index in [4.69, 9.17) is 23.0 Å². The summed E-state index contributed by atoms with van der Waals surface area (Å²) < 4.78 is 28.5. The van der Waals surface area contributed by atoms with Gasteiger partial charge in [-0.15, -0.1) is 0 Å². The Morgan fingerprint density at radius 2 is 1.17 bits per heavy atom. The van der Waals surface area contributed by atoms with E-state index in [1.807, 2.05) is 95.9 Å². The SMILES string of the molecule is C1=CC2Oc3ccc(-c4ccc(N(c5cccc6nonc56)c5ccc(-c6ccc7oc8ccccc8c7c6)c6nonc56)c5nonc45)cc3C2C=C1. The number of para-hydroxylation sites is 1. The van der Waals surface area contributed by atoms with Gasteiger partial charge in [0.1, 0.15) is 39.6 Å². The Morgan fingerprint density at radius 1 is 0.500 bits per heavy atom. The molecule has 4 aromatic heterocycles. The first kappa shape index (κ1) is 29.0. The van der Waals surface area contributed by atoms with Gasteiger partial charge in [0, 0.05) is 33.4 Å². The van der Waals surface area contributed by atoms with Crippen LogP contribution in [0.25, 0.3) is 77.3 Å². The molecule has 0 radical (unpaired) electrons. The molecule has 5 heterocycles. The van der Waals surface area contributed by atoms with Gasteiger partial charge in [-0.3, -0.25) is 0 Å². The first-order chi connectivity index (χ1) is 26.8. The maximum Gasteiger partial charge on any atom is 0.159 e. The van der Waals surface area contributed by atoms with Crippen LogP contribution in [0.3, 0.4) is 0 Å². The average Bonchev–Trinajstić information content (AvgIpc) is 4.07. The van der Waals surface area contributed by atoms with E-state index in [2.05, 4.69) is 67.4 Å². The lowest BCUT2D eigenvalue weighted by Crippen LogP contribution is -2.15. The molecular formula is C42H23N7O5. The number of ether oxygens (including phenoxy) is 1. The fourth-order valence-corrected chi connectivity index (χ4v) is 8.00. The third kappa shape index (κ3) is 4.12. The van der Waals surface area contributed by atoms with Crippen LogP contribution in [-0.4, -0.2) is 37.0 Å². The molecule has 0 fully saturated rings. The predicted octanol–water partition coefficient (Wildman–Crippen LogP) is 9.97. The van der Waals surface area contributed by atoms with Gasteiger partial charge in [-0.1, -0.05) is 54.6 Å². The summed E-state index contributed by atoms with van der Waals surface area (Å²) in [6.07, 6.45) is 8.34. The summed E-state index contributed by atoms with van der Waals surface area (Å²) in [7, 11) is 0. The van der Waals surface area contributed by atoms with E-state index >= 15 is 0 Å². The highest BCUT2D eigenvalue weighted by Crippen LogP contribution is 2.48. The fraction of sp³-hybridized carbons (Fsp3) is 0.0476. The minimum absolute atomic E-state index is 0.0127. The molecule has 0 bridgehead atoms. The van der Waals surface area contributed by atoms with Crippen LogP contribution in [0.15, 0.2) is 146 Å². The van der Waals surface area contributed by atoms with Gasteiger partial charge in [-0.2, -0.15) is 0 Å². The number of hydrogen-bond donors (Lipinski definition) is 0. The highest BCUT2D eigenvalue weighted by molar-refractivity contribution is 6.11. The summed E-state index contributed by atoms with van der Waals surface area (Å²) in [5, 5.41) is 28.2. The molecule has 10 aromatic rings. The van der Waals surface area contributed by atoms with Gasteiger partial charge in [-0.05, 0) is 115 Å². The number of nitrogens with zero attached hydrogens (tertiary/aromatic N) is 7. The van der Waals surface area contributed by atoms with E-state index in [9.17, 15) is 0 Å². The average molecular weight is 706 g/mol. The van der Waals surface area contributed by atoms with Crippen LogP contribution >= 0.6 is 0 Å². The lowest BCUT2D eigenvalue weighted by atomic mass is 9.90. The molecule has 1 aliphatic carbocycles. The summed E-state index contributed by atoms with van der Waals surface area (Å²) in [5.74, 6) is 1.02. The highest BCUT2D eigenvalue weighted by atomic mass is 16.6. The first-order valence-electron chi connectivity index (χ1n) is 17.4. The van der Waals surface area contributed by atoms with Crippen molar-refractivity contribution < 1.29 is 23.0 Å². The number of anilines is 3. The van der Waals surface area contributed by atoms with E-state index in [1.165, 1.54) is 0 Å². The normalized spacial score (nSPS) is 16.1. The maximum absolute atomic E-state index is 6.22. The molecule has 0 saturated carbocycles. The number of fused-ring (bicyclic) bond motifs is 9. The predicted molar refractivity (Wildman–Crippen MR) is 201 cm³/mol. The molecule has 2 unspecified atom stereocenters. The van der Waals surface area contributed by atoms with E-state index < -0.39 is 0 Å². The van der Waals surface area contributed by atoms with Crippen molar-refractivity contribution in [2.75, 3.05) is 4.90 Å². The van der Waals surface area contributed by atoms with Crippen LogP contribution in [0.2, 0.25) is 0 Å². The second-order valence-electron chi connectivity index (χ2n) is 13.4. The van der Waals surface area contributed by atoms with Crippen LogP contribution < -0.4 is 9.64 Å². The van der Waals surface area contributed by atoms with Crippen LogP contribution in [0.5, 0.6) is 5.75 Å². The van der Waals surface area contributed by atoms with Crippen molar-refractivity contribution in [2.24, 2.45) is 0 Å². The number of aromatic nitrogens is 6. The third-order valence-electron chi connectivity index (χ3n) is 10.5. The minimum atomic E-state index is -0.0127. The lowest BCUT2D eigenvalue weighted by Gasteiger charge is -2.25.